The van der Waals surface area contributed by atoms with Crippen LogP contribution in [0.4, 0.5) is 0 Å². The van der Waals surface area contributed by atoms with Crippen LogP contribution in [-0.2, 0) is 16.1 Å². The van der Waals surface area contributed by atoms with E-state index in [0.29, 0.717) is 6.61 Å². The second-order valence-corrected chi connectivity index (χ2v) is 4.59. The number of benzene rings is 1. The summed E-state index contributed by atoms with van der Waals surface area (Å²) in [4.78, 5) is 11.3. The van der Waals surface area contributed by atoms with Gasteiger partial charge in [0.25, 0.3) is 0 Å². The van der Waals surface area contributed by atoms with Gasteiger partial charge in [0.05, 0.1) is 0 Å². The maximum Gasteiger partial charge on any atom is 0.330 e. The van der Waals surface area contributed by atoms with Crippen LogP contribution in [-0.4, -0.2) is 5.97 Å². The smallest absolute Gasteiger partial charge is 0.330 e. The van der Waals surface area contributed by atoms with Crippen molar-refractivity contribution in [1.29, 1.82) is 0 Å². The topological polar surface area (TPSA) is 26.3 Å². The normalized spacial score (nSPS) is 11.1. The highest BCUT2D eigenvalue weighted by Crippen LogP contribution is 2.26. The molecule has 17 heavy (non-hydrogen) atoms. The Hall–Kier alpha value is -1.61. The minimum absolute atomic E-state index is 0.276. The molecular formula is C14H14O2S. The minimum atomic E-state index is -0.276. The van der Waals surface area contributed by atoms with Crippen LogP contribution in [0.2, 0.25) is 0 Å². The van der Waals surface area contributed by atoms with Gasteiger partial charge in [-0.15, -0.1) is 11.3 Å². The number of fused-ring (bicyclic) bond motifs is 1. The average molecular weight is 246 g/mol. The van der Waals surface area contributed by atoms with Crippen molar-refractivity contribution >= 4 is 27.4 Å². The molecule has 0 fully saturated rings. The molecule has 0 N–H and O–H groups in total. The van der Waals surface area contributed by atoms with Crippen molar-refractivity contribution in [2.45, 2.75) is 20.0 Å². The summed E-state index contributed by atoms with van der Waals surface area (Å²) in [6.07, 6.45) is 4.12. The molecule has 0 aliphatic heterocycles. The number of hydrogen-bond acceptors (Lipinski definition) is 3. The first-order valence-electron chi connectivity index (χ1n) is 5.59. The van der Waals surface area contributed by atoms with Crippen molar-refractivity contribution in [1.82, 2.24) is 0 Å². The summed E-state index contributed by atoms with van der Waals surface area (Å²) in [6, 6.07) is 8.13. The van der Waals surface area contributed by atoms with E-state index in [1.807, 2.05) is 24.4 Å². The van der Waals surface area contributed by atoms with E-state index in [1.54, 1.807) is 17.4 Å². The van der Waals surface area contributed by atoms with E-state index in [4.69, 9.17) is 4.74 Å². The van der Waals surface area contributed by atoms with Gasteiger partial charge in [-0.25, -0.2) is 4.79 Å². The predicted octanol–water partition coefficient (Wildman–Crippen LogP) is 3.91. The number of ether oxygens (including phenoxy) is 1. The summed E-state index contributed by atoms with van der Waals surface area (Å²) in [5.41, 5.74) is 1.07. The number of rotatable bonds is 4. The lowest BCUT2D eigenvalue weighted by molar-refractivity contribution is -0.138. The third-order valence-corrected chi connectivity index (χ3v) is 3.43. The van der Waals surface area contributed by atoms with E-state index >= 15 is 0 Å². The minimum Gasteiger partial charge on any atom is -0.458 e. The van der Waals surface area contributed by atoms with Crippen LogP contribution in [0, 0.1) is 0 Å². The van der Waals surface area contributed by atoms with Crippen LogP contribution in [0.1, 0.15) is 18.9 Å². The van der Waals surface area contributed by atoms with Crippen molar-refractivity contribution < 1.29 is 9.53 Å². The molecule has 0 saturated carbocycles. The lowest BCUT2D eigenvalue weighted by atomic mass is 10.2. The molecule has 0 bridgehead atoms. The Bertz CT molecular complexity index is 540. The zero-order valence-corrected chi connectivity index (χ0v) is 10.5. The van der Waals surface area contributed by atoms with Gasteiger partial charge < -0.3 is 4.74 Å². The summed E-state index contributed by atoms with van der Waals surface area (Å²) >= 11 is 1.67. The standard InChI is InChI=1S/C14H14O2S/c1-2-3-8-14(15)16-9-11-10-17-13-7-5-4-6-12(11)13/h3-8,10H,2,9H2,1H3/b8-3+. The molecule has 1 aromatic carbocycles. The van der Waals surface area contributed by atoms with Crippen LogP contribution in [0.3, 0.4) is 0 Å². The number of hydrogen-bond donors (Lipinski definition) is 0. The van der Waals surface area contributed by atoms with Crippen LogP contribution >= 0.6 is 11.3 Å². The highest BCUT2D eigenvalue weighted by Gasteiger charge is 2.05. The Labute approximate surface area is 105 Å². The van der Waals surface area contributed by atoms with Crippen LogP contribution in [0.15, 0.2) is 41.8 Å². The number of esters is 1. The Balaban J connectivity index is 2.04. The monoisotopic (exact) mass is 246 g/mol. The van der Waals surface area contributed by atoms with Gasteiger partial charge in [-0.1, -0.05) is 31.2 Å². The molecule has 0 aliphatic carbocycles. The fraction of sp³-hybridized carbons (Fsp3) is 0.214. The van der Waals surface area contributed by atoms with Crippen molar-refractivity contribution in [2.75, 3.05) is 0 Å². The summed E-state index contributed by atoms with van der Waals surface area (Å²) in [6.45, 7) is 2.33. The van der Waals surface area contributed by atoms with Gasteiger partial charge in [0, 0.05) is 16.3 Å². The van der Waals surface area contributed by atoms with Gasteiger partial charge in [-0.3, -0.25) is 0 Å². The quantitative estimate of drug-likeness (QED) is 0.604. The van der Waals surface area contributed by atoms with Crippen LogP contribution < -0.4 is 0 Å². The van der Waals surface area contributed by atoms with E-state index < -0.39 is 0 Å². The molecule has 0 amide bonds. The molecule has 0 aliphatic rings. The number of carbonyl (C=O) groups excluding carboxylic acids is 1. The van der Waals surface area contributed by atoms with Gasteiger partial charge >= 0.3 is 5.97 Å². The van der Waals surface area contributed by atoms with Gasteiger partial charge in [0.15, 0.2) is 0 Å². The van der Waals surface area contributed by atoms with E-state index in [2.05, 4.69) is 12.1 Å². The molecule has 3 heteroatoms. The fourth-order valence-corrected chi connectivity index (χ4v) is 2.50. The molecule has 0 radical (unpaired) electrons. The lowest BCUT2D eigenvalue weighted by Gasteiger charge is -2.00. The summed E-state index contributed by atoms with van der Waals surface area (Å²) in [5.74, 6) is -0.276. The first-order chi connectivity index (χ1) is 8.31. The number of allylic oxidation sites excluding steroid dienone is 1. The van der Waals surface area contributed by atoms with Gasteiger partial charge in [0.1, 0.15) is 6.61 Å². The molecule has 88 valence electrons. The Morgan fingerprint density at radius 2 is 2.24 bits per heavy atom. The molecule has 2 aromatic rings. The largest absolute Gasteiger partial charge is 0.458 e. The van der Waals surface area contributed by atoms with E-state index in [1.165, 1.54) is 16.2 Å². The van der Waals surface area contributed by atoms with Crippen molar-refractivity contribution in [3.05, 3.63) is 47.4 Å². The zero-order valence-electron chi connectivity index (χ0n) is 9.68. The average Bonchev–Trinajstić information content (AvgIpc) is 2.77. The van der Waals surface area contributed by atoms with Crippen LogP contribution in [0.25, 0.3) is 10.1 Å². The maximum absolute atomic E-state index is 11.3. The maximum atomic E-state index is 11.3. The molecule has 0 unspecified atom stereocenters. The van der Waals surface area contributed by atoms with E-state index in [-0.39, 0.29) is 5.97 Å². The van der Waals surface area contributed by atoms with Gasteiger partial charge in [0.2, 0.25) is 0 Å². The lowest BCUT2D eigenvalue weighted by Crippen LogP contribution is -2.00. The van der Waals surface area contributed by atoms with Crippen molar-refractivity contribution in [2.24, 2.45) is 0 Å². The Morgan fingerprint density at radius 1 is 1.41 bits per heavy atom. The molecule has 1 aromatic heterocycles. The van der Waals surface area contributed by atoms with Crippen molar-refractivity contribution in [3.8, 4) is 0 Å². The first kappa shape index (κ1) is 11.9. The summed E-state index contributed by atoms with van der Waals surface area (Å²) in [5, 5.41) is 3.21. The third kappa shape index (κ3) is 2.94. The SMILES string of the molecule is CC/C=C/C(=O)OCc1csc2ccccc12. The number of thiophene rings is 1. The number of carbonyl (C=O) groups is 1. The van der Waals surface area contributed by atoms with E-state index in [9.17, 15) is 4.79 Å². The molecular weight excluding hydrogens is 232 g/mol. The zero-order chi connectivity index (χ0) is 12.1. The van der Waals surface area contributed by atoms with E-state index in [0.717, 1.165) is 12.0 Å². The van der Waals surface area contributed by atoms with Crippen molar-refractivity contribution in [3.63, 3.8) is 0 Å². The predicted molar refractivity (Wildman–Crippen MR) is 71.1 cm³/mol. The first-order valence-corrected chi connectivity index (χ1v) is 6.47. The second kappa shape index (κ2) is 5.64. The Kier molecular flexibility index (Phi) is 3.94. The highest BCUT2D eigenvalue weighted by atomic mass is 32.1. The third-order valence-electron chi connectivity index (χ3n) is 2.42. The van der Waals surface area contributed by atoms with Crippen LogP contribution in [0.5, 0.6) is 0 Å². The summed E-state index contributed by atoms with van der Waals surface area (Å²) in [7, 11) is 0. The summed E-state index contributed by atoms with van der Waals surface area (Å²) < 4.78 is 6.40. The molecule has 2 rings (SSSR count). The molecule has 0 spiro atoms. The molecule has 0 saturated heterocycles. The fourth-order valence-electron chi connectivity index (χ4n) is 1.56. The van der Waals surface area contributed by atoms with Gasteiger partial charge in [-0.2, -0.15) is 0 Å². The highest BCUT2D eigenvalue weighted by molar-refractivity contribution is 7.17. The Morgan fingerprint density at radius 3 is 3.06 bits per heavy atom. The molecule has 0 atom stereocenters. The van der Waals surface area contributed by atoms with Gasteiger partial charge in [-0.05, 0) is 23.3 Å². The molecule has 1 heterocycles. The second-order valence-electron chi connectivity index (χ2n) is 3.68. The molecule has 2 nitrogen and oxygen atoms in total.